The van der Waals surface area contributed by atoms with E-state index in [0.29, 0.717) is 6.42 Å². The predicted molar refractivity (Wildman–Crippen MR) is 75.6 cm³/mol. The van der Waals surface area contributed by atoms with Gasteiger partial charge >= 0.3 is 5.97 Å². The highest BCUT2D eigenvalue weighted by Crippen LogP contribution is 2.22. The van der Waals surface area contributed by atoms with Gasteiger partial charge in [-0.05, 0) is 57.3 Å². The lowest BCUT2D eigenvalue weighted by molar-refractivity contribution is -0.137. The Balaban J connectivity index is 1.82. The molecule has 1 aliphatic carbocycles. The number of carbonyl (C=O) groups is 1. The zero-order chi connectivity index (χ0) is 13.1. The Labute approximate surface area is 111 Å². The number of allylic oxidation sites excluding steroid dienone is 4. The zero-order valence-electron chi connectivity index (χ0n) is 11.3. The lowest BCUT2D eigenvalue weighted by atomic mass is 10.0. The van der Waals surface area contributed by atoms with Gasteiger partial charge in [0.15, 0.2) is 0 Å². The number of rotatable bonds is 10. The highest BCUT2D eigenvalue weighted by atomic mass is 16.4. The maximum Gasteiger partial charge on any atom is 0.303 e. The SMILES string of the molecule is O=C(O)CCCC/C=C\CCCCC1C=CCC1. The van der Waals surface area contributed by atoms with Gasteiger partial charge in [-0.25, -0.2) is 0 Å². The number of hydrogen-bond donors (Lipinski definition) is 1. The quantitative estimate of drug-likeness (QED) is 0.450. The summed E-state index contributed by atoms with van der Waals surface area (Å²) in [6.45, 7) is 0. The molecule has 102 valence electrons. The molecule has 2 nitrogen and oxygen atoms in total. The fourth-order valence-electron chi connectivity index (χ4n) is 2.38. The molecular formula is C16H26O2. The van der Waals surface area contributed by atoms with Crippen LogP contribution in [0.25, 0.3) is 0 Å². The van der Waals surface area contributed by atoms with E-state index < -0.39 is 5.97 Å². The summed E-state index contributed by atoms with van der Waals surface area (Å²) in [6, 6.07) is 0. The van der Waals surface area contributed by atoms with Crippen LogP contribution in [0.15, 0.2) is 24.3 Å². The van der Waals surface area contributed by atoms with Crippen molar-refractivity contribution in [3.63, 3.8) is 0 Å². The second kappa shape index (κ2) is 9.93. The average molecular weight is 250 g/mol. The van der Waals surface area contributed by atoms with Gasteiger partial charge in [0.25, 0.3) is 0 Å². The van der Waals surface area contributed by atoms with E-state index in [0.717, 1.165) is 25.2 Å². The molecule has 0 amide bonds. The molecule has 1 atom stereocenters. The number of carboxylic acids is 1. The minimum atomic E-state index is -0.681. The van der Waals surface area contributed by atoms with Gasteiger partial charge in [0.1, 0.15) is 0 Å². The fraction of sp³-hybridized carbons (Fsp3) is 0.688. The first kappa shape index (κ1) is 15.0. The van der Waals surface area contributed by atoms with E-state index in [1.165, 1.54) is 38.5 Å². The summed E-state index contributed by atoms with van der Waals surface area (Å²) in [4.78, 5) is 10.3. The third kappa shape index (κ3) is 8.10. The van der Waals surface area contributed by atoms with E-state index in [1.54, 1.807) is 0 Å². The van der Waals surface area contributed by atoms with Crippen LogP contribution in [0.3, 0.4) is 0 Å². The van der Waals surface area contributed by atoms with E-state index in [4.69, 9.17) is 5.11 Å². The van der Waals surface area contributed by atoms with E-state index in [9.17, 15) is 4.79 Å². The highest BCUT2D eigenvalue weighted by molar-refractivity contribution is 5.66. The van der Waals surface area contributed by atoms with Crippen molar-refractivity contribution in [3.05, 3.63) is 24.3 Å². The highest BCUT2D eigenvalue weighted by Gasteiger charge is 2.07. The second-order valence-electron chi connectivity index (χ2n) is 5.16. The van der Waals surface area contributed by atoms with Gasteiger partial charge in [0.2, 0.25) is 0 Å². The van der Waals surface area contributed by atoms with E-state index in [1.807, 2.05) is 0 Å². The summed E-state index contributed by atoms with van der Waals surface area (Å²) in [6.07, 6.45) is 20.1. The Morgan fingerprint density at radius 3 is 2.50 bits per heavy atom. The number of hydrogen-bond acceptors (Lipinski definition) is 1. The minimum absolute atomic E-state index is 0.308. The van der Waals surface area contributed by atoms with Crippen molar-refractivity contribution in [1.29, 1.82) is 0 Å². The molecule has 1 rings (SSSR count). The third-order valence-electron chi connectivity index (χ3n) is 3.49. The van der Waals surface area contributed by atoms with Gasteiger partial charge < -0.3 is 5.11 Å². The van der Waals surface area contributed by atoms with Gasteiger partial charge in [-0.15, -0.1) is 0 Å². The molecule has 0 bridgehead atoms. The van der Waals surface area contributed by atoms with Crippen molar-refractivity contribution in [1.82, 2.24) is 0 Å². The molecule has 0 aromatic carbocycles. The Hall–Kier alpha value is -1.05. The fourth-order valence-corrected chi connectivity index (χ4v) is 2.38. The van der Waals surface area contributed by atoms with Crippen LogP contribution in [0.1, 0.15) is 64.2 Å². The second-order valence-corrected chi connectivity index (χ2v) is 5.16. The molecule has 0 saturated carbocycles. The maximum atomic E-state index is 10.3. The third-order valence-corrected chi connectivity index (χ3v) is 3.49. The molecule has 0 fully saturated rings. The molecule has 1 unspecified atom stereocenters. The Bertz CT molecular complexity index is 279. The molecule has 0 spiro atoms. The molecule has 0 aromatic heterocycles. The summed E-state index contributed by atoms with van der Waals surface area (Å²) < 4.78 is 0. The molecule has 0 heterocycles. The standard InChI is InChI=1S/C16H26O2/c17-16(18)14-8-6-4-2-1-3-5-7-11-15-12-9-10-13-15/h1-2,9,12,15H,3-8,10-11,13-14H2,(H,17,18)/b2-1-. The summed E-state index contributed by atoms with van der Waals surface area (Å²) in [5.41, 5.74) is 0. The van der Waals surface area contributed by atoms with Crippen LogP contribution < -0.4 is 0 Å². The predicted octanol–water partition coefficient (Wildman–Crippen LogP) is 4.71. The van der Waals surface area contributed by atoms with Crippen molar-refractivity contribution in [3.8, 4) is 0 Å². The summed E-state index contributed by atoms with van der Waals surface area (Å²) in [5.74, 6) is 0.171. The zero-order valence-corrected chi connectivity index (χ0v) is 11.3. The first-order valence-electron chi connectivity index (χ1n) is 7.32. The van der Waals surface area contributed by atoms with Crippen LogP contribution in [0, 0.1) is 5.92 Å². The summed E-state index contributed by atoms with van der Waals surface area (Å²) in [7, 11) is 0. The van der Waals surface area contributed by atoms with Gasteiger partial charge in [-0.2, -0.15) is 0 Å². The number of carboxylic acid groups (broad SMARTS) is 1. The van der Waals surface area contributed by atoms with Crippen molar-refractivity contribution in [2.75, 3.05) is 0 Å². The van der Waals surface area contributed by atoms with Gasteiger partial charge in [-0.1, -0.05) is 30.7 Å². The maximum absolute atomic E-state index is 10.3. The smallest absolute Gasteiger partial charge is 0.303 e. The van der Waals surface area contributed by atoms with Crippen LogP contribution in [0.2, 0.25) is 0 Å². The average Bonchev–Trinajstić information content (AvgIpc) is 2.84. The first-order chi connectivity index (χ1) is 8.79. The monoisotopic (exact) mass is 250 g/mol. The van der Waals surface area contributed by atoms with E-state index in [2.05, 4.69) is 24.3 Å². The van der Waals surface area contributed by atoms with Crippen LogP contribution in [0.4, 0.5) is 0 Å². The number of aliphatic carboxylic acids is 1. The van der Waals surface area contributed by atoms with Crippen molar-refractivity contribution < 1.29 is 9.90 Å². The summed E-state index contributed by atoms with van der Waals surface area (Å²) >= 11 is 0. The van der Waals surface area contributed by atoms with Crippen LogP contribution in [-0.2, 0) is 4.79 Å². The van der Waals surface area contributed by atoms with Gasteiger partial charge in [0, 0.05) is 6.42 Å². The van der Waals surface area contributed by atoms with Gasteiger partial charge in [-0.3, -0.25) is 4.79 Å². The van der Waals surface area contributed by atoms with E-state index in [-0.39, 0.29) is 0 Å². The topological polar surface area (TPSA) is 37.3 Å². The molecular weight excluding hydrogens is 224 g/mol. The van der Waals surface area contributed by atoms with Crippen LogP contribution in [0.5, 0.6) is 0 Å². The largest absolute Gasteiger partial charge is 0.481 e. The molecule has 1 N–H and O–H groups in total. The van der Waals surface area contributed by atoms with E-state index >= 15 is 0 Å². The number of unbranched alkanes of at least 4 members (excludes halogenated alkanes) is 4. The normalized spacial score (nSPS) is 18.8. The van der Waals surface area contributed by atoms with Crippen LogP contribution in [-0.4, -0.2) is 11.1 Å². The molecule has 0 aliphatic heterocycles. The Morgan fingerprint density at radius 1 is 1.17 bits per heavy atom. The molecule has 18 heavy (non-hydrogen) atoms. The lowest BCUT2D eigenvalue weighted by Crippen LogP contribution is -1.92. The first-order valence-corrected chi connectivity index (χ1v) is 7.32. The Morgan fingerprint density at radius 2 is 1.89 bits per heavy atom. The minimum Gasteiger partial charge on any atom is -0.481 e. The van der Waals surface area contributed by atoms with Gasteiger partial charge in [0.05, 0.1) is 0 Å². The Kier molecular flexibility index (Phi) is 8.28. The summed E-state index contributed by atoms with van der Waals surface area (Å²) in [5, 5.41) is 8.48. The van der Waals surface area contributed by atoms with Crippen LogP contribution >= 0.6 is 0 Å². The molecule has 2 heteroatoms. The van der Waals surface area contributed by atoms with Crippen molar-refractivity contribution in [2.24, 2.45) is 5.92 Å². The lowest BCUT2D eigenvalue weighted by Gasteiger charge is -2.05. The van der Waals surface area contributed by atoms with Crippen molar-refractivity contribution >= 4 is 5.97 Å². The molecule has 1 aliphatic rings. The molecule has 0 radical (unpaired) electrons. The molecule has 0 saturated heterocycles. The molecule has 0 aromatic rings. The van der Waals surface area contributed by atoms with Crippen molar-refractivity contribution in [2.45, 2.75) is 64.2 Å².